The zero-order valence-electron chi connectivity index (χ0n) is 30.1. The lowest BCUT2D eigenvalue weighted by Crippen LogP contribution is -2.01. The summed E-state index contributed by atoms with van der Waals surface area (Å²) in [4.78, 5) is 20.4. The molecule has 0 unspecified atom stereocenters. The van der Waals surface area contributed by atoms with Crippen molar-refractivity contribution >= 4 is 75.5 Å². The lowest BCUT2D eigenvalue weighted by molar-refractivity contribution is 1.07. The van der Waals surface area contributed by atoms with Crippen LogP contribution in [0.3, 0.4) is 0 Å². The second-order valence-corrected chi connectivity index (χ2v) is 14.6. The van der Waals surface area contributed by atoms with Crippen LogP contribution in [0.15, 0.2) is 182 Å². The highest BCUT2D eigenvalue weighted by molar-refractivity contribution is 6.37. The molecule has 4 heteroatoms. The van der Waals surface area contributed by atoms with Gasteiger partial charge in [-0.15, -0.1) is 0 Å². The molecule has 2 heterocycles. The van der Waals surface area contributed by atoms with E-state index < -0.39 is 0 Å². The van der Waals surface area contributed by atoms with Gasteiger partial charge in [-0.25, -0.2) is 15.0 Å². The van der Waals surface area contributed by atoms with E-state index in [1.165, 1.54) is 64.8 Å². The fourth-order valence-electron chi connectivity index (χ4n) is 8.81. The van der Waals surface area contributed by atoms with E-state index in [4.69, 9.17) is 19.9 Å². The molecular formula is C52H30N4. The molecule has 0 bridgehead atoms. The smallest absolute Gasteiger partial charge is 0.165 e. The van der Waals surface area contributed by atoms with Crippen molar-refractivity contribution in [2.24, 2.45) is 0 Å². The minimum absolute atomic E-state index is 0.583. The van der Waals surface area contributed by atoms with Gasteiger partial charge in [0.1, 0.15) is 0 Å². The van der Waals surface area contributed by atoms with Crippen molar-refractivity contribution in [1.82, 2.24) is 19.9 Å². The highest BCUT2D eigenvalue weighted by Crippen LogP contribution is 2.44. The Morgan fingerprint density at radius 1 is 0.268 bits per heavy atom. The van der Waals surface area contributed by atoms with Crippen LogP contribution >= 0.6 is 0 Å². The predicted octanol–water partition coefficient (Wildman–Crippen LogP) is 13.4. The summed E-state index contributed by atoms with van der Waals surface area (Å²) < 4.78 is 0. The molecule has 0 aliphatic carbocycles. The molecule has 0 saturated heterocycles. The molecule has 0 fully saturated rings. The Kier molecular flexibility index (Phi) is 6.60. The predicted molar refractivity (Wildman–Crippen MR) is 233 cm³/mol. The van der Waals surface area contributed by atoms with E-state index in [1.54, 1.807) is 0 Å². The third-order valence-corrected chi connectivity index (χ3v) is 11.4. The van der Waals surface area contributed by atoms with Crippen LogP contribution in [-0.4, -0.2) is 19.9 Å². The number of aromatic nitrogens is 4. The van der Waals surface area contributed by atoms with Gasteiger partial charge in [0.2, 0.25) is 0 Å². The molecular weight excluding hydrogens is 681 g/mol. The van der Waals surface area contributed by atoms with Gasteiger partial charge in [-0.05, 0) is 100 Å². The molecule has 12 rings (SSSR count). The van der Waals surface area contributed by atoms with Crippen molar-refractivity contribution in [2.45, 2.75) is 0 Å². The maximum atomic E-state index is 5.25. The Labute approximate surface area is 321 Å². The first kappa shape index (κ1) is 30.9. The summed E-state index contributed by atoms with van der Waals surface area (Å²) in [6.07, 6.45) is 1.87. The van der Waals surface area contributed by atoms with Crippen molar-refractivity contribution in [1.29, 1.82) is 0 Å². The van der Waals surface area contributed by atoms with Crippen molar-refractivity contribution < 1.29 is 0 Å². The zero-order chi connectivity index (χ0) is 36.7. The van der Waals surface area contributed by atoms with Gasteiger partial charge in [-0.1, -0.05) is 152 Å². The summed E-state index contributed by atoms with van der Waals surface area (Å²) in [5.41, 5.74) is 5.93. The topological polar surface area (TPSA) is 51.6 Å². The molecule has 4 nitrogen and oxygen atoms in total. The fraction of sp³-hybridized carbons (Fsp3) is 0. The Morgan fingerprint density at radius 3 is 1.39 bits per heavy atom. The van der Waals surface area contributed by atoms with Crippen LogP contribution in [0.25, 0.3) is 121 Å². The number of hydrogen-bond donors (Lipinski definition) is 0. The van der Waals surface area contributed by atoms with Gasteiger partial charge in [-0.2, -0.15) is 0 Å². The Balaban J connectivity index is 1.16. The van der Waals surface area contributed by atoms with E-state index in [0.717, 1.165) is 38.5 Å². The van der Waals surface area contributed by atoms with Gasteiger partial charge in [0.05, 0.1) is 5.52 Å². The molecule has 0 saturated carbocycles. The minimum atomic E-state index is 0.583. The standard InChI is InChI=1S/C52H30N4/c1-2-9-31(10-3-1)32-19-24-36(25-20-32)50-54-51(56-52(55-50)40-27-37-11-4-5-18-45(37)53-30-40)39-28-38-26-23-35-13-7-16-42-41-15-6-12-33-21-22-34-14-8-17-43(48(34)46(33)41)44(29-39)49(38)47(35)42/h1-30H. The van der Waals surface area contributed by atoms with Crippen LogP contribution in [0, 0.1) is 0 Å². The van der Waals surface area contributed by atoms with Crippen molar-refractivity contribution in [3.05, 3.63) is 182 Å². The van der Waals surface area contributed by atoms with Gasteiger partial charge >= 0.3 is 0 Å². The number of rotatable bonds is 4. The molecule has 10 aromatic carbocycles. The summed E-state index contributed by atoms with van der Waals surface area (Å²) in [5, 5.41) is 15.8. The zero-order valence-corrected chi connectivity index (χ0v) is 30.1. The maximum absolute atomic E-state index is 5.25. The minimum Gasteiger partial charge on any atom is -0.255 e. The van der Waals surface area contributed by atoms with Crippen LogP contribution < -0.4 is 0 Å². The van der Waals surface area contributed by atoms with Gasteiger partial charge < -0.3 is 0 Å². The molecule has 12 aromatic rings. The summed E-state index contributed by atoms with van der Waals surface area (Å²) in [5.74, 6) is 1.81. The number of hydrogen-bond acceptors (Lipinski definition) is 4. The summed E-state index contributed by atoms with van der Waals surface area (Å²) in [6.45, 7) is 0. The van der Waals surface area contributed by atoms with Gasteiger partial charge in [0.25, 0.3) is 0 Å². The number of nitrogens with zero attached hydrogens (tertiary/aromatic N) is 4. The van der Waals surface area contributed by atoms with E-state index >= 15 is 0 Å². The second-order valence-electron chi connectivity index (χ2n) is 14.6. The molecule has 0 atom stereocenters. The monoisotopic (exact) mass is 710 g/mol. The Bertz CT molecular complexity index is 3510. The lowest BCUT2D eigenvalue weighted by atomic mass is 9.87. The van der Waals surface area contributed by atoms with Gasteiger partial charge in [0, 0.05) is 28.3 Å². The molecule has 0 N–H and O–H groups in total. The normalized spacial score (nSPS) is 11.9. The third kappa shape index (κ3) is 4.73. The van der Waals surface area contributed by atoms with Crippen LogP contribution in [-0.2, 0) is 0 Å². The largest absolute Gasteiger partial charge is 0.255 e. The van der Waals surface area contributed by atoms with Crippen LogP contribution in [0.2, 0.25) is 0 Å². The Hall–Kier alpha value is -7.56. The average molecular weight is 711 g/mol. The van der Waals surface area contributed by atoms with Crippen molar-refractivity contribution in [3.8, 4) is 45.3 Å². The molecule has 0 aliphatic rings. The van der Waals surface area contributed by atoms with Crippen LogP contribution in [0.1, 0.15) is 0 Å². The SMILES string of the molecule is c1ccc(-c2ccc(-c3nc(-c4cnc5ccccc5c4)nc(-c4cc5ccc6cccc7c8cccc9ccc%10cccc(c(c4)c5c67)c%10c98)n3)cc2)cc1. The molecule has 0 radical (unpaired) electrons. The third-order valence-electron chi connectivity index (χ3n) is 11.4. The number of pyridine rings is 1. The van der Waals surface area contributed by atoms with Gasteiger partial charge in [0.15, 0.2) is 17.5 Å². The van der Waals surface area contributed by atoms with Gasteiger partial charge in [-0.3, -0.25) is 4.98 Å². The average Bonchev–Trinajstić information content (AvgIpc) is 3.27. The fourth-order valence-corrected chi connectivity index (χ4v) is 8.81. The lowest BCUT2D eigenvalue weighted by Gasteiger charge is -2.17. The first-order valence-electron chi connectivity index (χ1n) is 19.0. The van der Waals surface area contributed by atoms with E-state index in [2.05, 4.69) is 152 Å². The van der Waals surface area contributed by atoms with Crippen molar-refractivity contribution in [3.63, 3.8) is 0 Å². The van der Waals surface area contributed by atoms with Crippen LogP contribution in [0.4, 0.5) is 0 Å². The van der Waals surface area contributed by atoms with Crippen LogP contribution in [0.5, 0.6) is 0 Å². The van der Waals surface area contributed by atoms with E-state index in [1.807, 2.05) is 30.5 Å². The molecule has 2 aromatic heterocycles. The van der Waals surface area contributed by atoms with E-state index in [9.17, 15) is 0 Å². The maximum Gasteiger partial charge on any atom is 0.165 e. The molecule has 0 amide bonds. The highest BCUT2D eigenvalue weighted by atomic mass is 15.0. The molecule has 56 heavy (non-hydrogen) atoms. The quantitative estimate of drug-likeness (QED) is 0.171. The molecule has 0 aliphatic heterocycles. The summed E-state index contributed by atoms with van der Waals surface area (Å²) >= 11 is 0. The number of benzene rings is 9. The number of fused-ring (bicyclic) bond motifs is 3. The van der Waals surface area contributed by atoms with Crippen molar-refractivity contribution in [2.75, 3.05) is 0 Å². The first-order valence-corrected chi connectivity index (χ1v) is 19.0. The Morgan fingerprint density at radius 2 is 0.732 bits per heavy atom. The van der Waals surface area contributed by atoms with E-state index in [-0.39, 0.29) is 0 Å². The summed E-state index contributed by atoms with van der Waals surface area (Å²) in [7, 11) is 0. The first-order chi connectivity index (χ1) is 27.7. The molecule has 258 valence electrons. The molecule has 0 spiro atoms. The second kappa shape index (κ2) is 12.0. The number of para-hydroxylation sites is 1. The summed E-state index contributed by atoms with van der Waals surface area (Å²) in [6, 6.07) is 62.9. The highest BCUT2D eigenvalue weighted by Gasteiger charge is 2.19. The van der Waals surface area contributed by atoms with E-state index in [0.29, 0.717) is 17.5 Å².